The number of nitrogens with two attached hydrogens (primary N) is 1. The smallest absolute Gasteiger partial charge is 0.330 e. The highest BCUT2D eigenvalue weighted by Gasteiger charge is 1.96. The van der Waals surface area contributed by atoms with Gasteiger partial charge in [0.25, 0.3) is 0 Å². The lowest BCUT2D eigenvalue weighted by atomic mass is 10.2. The lowest BCUT2D eigenvalue weighted by Crippen LogP contribution is -1.95. The zero-order valence-electron chi connectivity index (χ0n) is 5.85. The molecule has 0 atom stereocenters. The summed E-state index contributed by atoms with van der Waals surface area (Å²) in [6, 6.07) is 0. The van der Waals surface area contributed by atoms with Crippen molar-refractivity contribution in [1.29, 1.82) is 0 Å². The lowest BCUT2D eigenvalue weighted by Gasteiger charge is -1.87. The topological polar surface area (TPSA) is 63.3 Å². The minimum Gasteiger partial charge on any atom is -0.478 e. The second kappa shape index (κ2) is 7.17. The molecule has 0 saturated carbocycles. The fourth-order valence-corrected chi connectivity index (χ4v) is 0.151. The molecule has 0 aromatic carbocycles. The van der Waals surface area contributed by atoms with E-state index in [0.717, 1.165) is 0 Å². The first-order chi connectivity index (χ1) is 4.18. The third-order valence-corrected chi connectivity index (χ3v) is 0.729. The standard InChI is InChI=1S/C5H8O2.CH5N/c1-3-4(2)5(6)7;1-2/h2-3H2,1H3,(H,6,7);2H2,1H3. The van der Waals surface area contributed by atoms with E-state index >= 15 is 0 Å². The van der Waals surface area contributed by atoms with Crippen LogP contribution < -0.4 is 5.73 Å². The van der Waals surface area contributed by atoms with Gasteiger partial charge in [-0.1, -0.05) is 13.5 Å². The predicted molar refractivity (Wildman–Crippen MR) is 37.2 cm³/mol. The van der Waals surface area contributed by atoms with E-state index in [4.69, 9.17) is 5.11 Å². The van der Waals surface area contributed by atoms with E-state index in [1.165, 1.54) is 7.05 Å². The van der Waals surface area contributed by atoms with E-state index in [-0.39, 0.29) is 5.57 Å². The van der Waals surface area contributed by atoms with Crippen LogP contribution in [0, 0.1) is 0 Å². The number of carboxylic acids is 1. The lowest BCUT2D eigenvalue weighted by molar-refractivity contribution is -0.132. The van der Waals surface area contributed by atoms with Gasteiger partial charge in [-0.2, -0.15) is 0 Å². The van der Waals surface area contributed by atoms with Crippen LogP contribution in [-0.2, 0) is 4.79 Å². The van der Waals surface area contributed by atoms with Crippen LogP contribution in [0.25, 0.3) is 0 Å². The summed E-state index contributed by atoms with van der Waals surface area (Å²) in [5, 5.41) is 8.08. The summed E-state index contributed by atoms with van der Waals surface area (Å²) in [6.45, 7) is 5.03. The van der Waals surface area contributed by atoms with Crippen LogP contribution in [0.4, 0.5) is 0 Å². The highest BCUT2D eigenvalue weighted by Crippen LogP contribution is 1.93. The fourth-order valence-electron chi connectivity index (χ4n) is 0.151. The van der Waals surface area contributed by atoms with E-state index in [9.17, 15) is 4.79 Å². The maximum absolute atomic E-state index is 9.83. The van der Waals surface area contributed by atoms with Crippen molar-refractivity contribution in [3.05, 3.63) is 12.2 Å². The third-order valence-electron chi connectivity index (χ3n) is 0.729. The number of aliphatic carboxylic acids is 1. The number of carbonyl (C=O) groups is 1. The van der Waals surface area contributed by atoms with E-state index in [0.29, 0.717) is 6.42 Å². The first-order valence-corrected chi connectivity index (χ1v) is 2.67. The quantitative estimate of drug-likeness (QED) is 0.540. The van der Waals surface area contributed by atoms with Gasteiger partial charge in [0.05, 0.1) is 0 Å². The van der Waals surface area contributed by atoms with Crippen molar-refractivity contribution in [2.24, 2.45) is 5.73 Å². The molecule has 0 rings (SSSR count). The van der Waals surface area contributed by atoms with Crippen LogP contribution in [0.2, 0.25) is 0 Å². The van der Waals surface area contributed by atoms with Crippen LogP contribution in [0.5, 0.6) is 0 Å². The summed E-state index contributed by atoms with van der Waals surface area (Å²) in [5.41, 5.74) is 4.76. The van der Waals surface area contributed by atoms with Gasteiger partial charge in [0.15, 0.2) is 0 Å². The molecule has 3 nitrogen and oxygen atoms in total. The molecule has 0 aliphatic heterocycles. The SMILES string of the molecule is C=C(CC)C(=O)O.CN. The molecule has 0 saturated heterocycles. The van der Waals surface area contributed by atoms with Crippen LogP contribution in [0.15, 0.2) is 12.2 Å². The maximum Gasteiger partial charge on any atom is 0.330 e. The molecule has 54 valence electrons. The van der Waals surface area contributed by atoms with Crippen LogP contribution in [0.3, 0.4) is 0 Å². The molecule has 0 aliphatic carbocycles. The second-order valence-corrected chi connectivity index (χ2v) is 1.26. The predicted octanol–water partition coefficient (Wildman–Crippen LogP) is 0.612. The zero-order chi connectivity index (χ0) is 7.86. The van der Waals surface area contributed by atoms with Crippen LogP contribution in [0.1, 0.15) is 13.3 Å². The molecule has 0 spiro atoms. The highest BCUT2D eigenvalue weighted by molar-refractivity contribution is 5.85. The Balaban J connectivity index is 0. The van der Waals surface area contributed by atoms with Gasteiger partial charge in [0.2, 0.25) is 0 Å². The molecular weight excluding hydrogens is 118 g/mol. The molecule has 9 heavy (non-hydrogen) atoms. The van der Waals surface area contributed by atoms with Gasteiger partial charge in [-0.05, 0) is 13.5 Å². The Bertz CT molecular complexity index is 99.2. The maximum atomic E-state index is 9.83. The van der Waals surface area contributed by atoms with E-state index in [1.807, 2.05) is 0 Å². The van der Waals surface area contributed by atoms with Crippen molar-refractivity contribution >= 4 is 5.97 Å². The van der Waals surface area contributed by atoms with Gasteiger partial charge in [0.1, 0.15) is 0 Å². The molecule has 0 unspecified atom stereocenters. The molecular formula is C6H13NO2. The summed E-state index contributed by atoms with van der Waals surface area (Å²) in [7, 11) is 1.50. The average molecular weight is 131 g/mol. The van der Waals surface area contributed by atoms with Gasteiger partial charge in [-0.15, -0.1) is 0 Å². The minimum absolute atomic E-state index is 0.264. The molecule has 0 amide bonds. The van der Waals surface area contributed by atoms with Crippen molar-refractivity contribution in [3.8, 4) is 0 Å². The minimum atomic E-state index is -0.900. The molecule has 0 aromatic heterocycles. The highest BCUT2D eigenvalue weighted by atomic mass is 16.4. The molecule has 0 aromatic rings. The van der Waals surface area contributed by atoms with Crippen molar-refractivity contribution in [2.45, 2.75) is 13.3 Å². The summed E-state index contributed by atoms with van der Waals surface area (Å²) >= 11 is 0. The Labute approximate surface area is 55.2 Å². The van der Waals surface area contributed by atoms with Crippen molar-refractivity contribution in [2.75, 3.05) is 7.05 Å². The summed E-state index contributed by atoms with van der Waals surface area (Å²) in [5.74, 6) is -0.900. The first kappa shape index (κ1) is 11.0. The van der Waals surface area contributed by atoms with Crippen molar-refractivity contribution in [1.82, 2.24) is 0 Å². The van der Waals surface area contributed by atoms with E-state index in [1.54, 1.807) is 6.92 Å². The fraction of sp³-hybridized carbons (Fsp3) is 0.500. The molecule has 0 aliphatic rings. The van der Waals surface area contributed by atoms with Crippen molar-refractivity contribution < 1.29 is 9.90 Å². The number of hydrogen-bond acceptors (Lipinski definition) is 2. The number of carboxylic acid groups (broad SMARTS) is 1. The summed E-state index contributed by atoms with van der Waals surface area (Å²) < 4.78 is 0. The van der Waals surface area contributed by atoms with Gasteiger partial charge in [-0.3, -0.25) is 0 Å². The first-order valence-electron chi connectivity index (χ1n) is 2.67. The Morgan fingerprint density at radius 1 is 1.67 bits per heavy atom. The van der Waals surface area contributed by atoms with E-state index in [2.05, 4.69) is 12.3 Å². The Hall–Kier alpha value is -0.830. The molecule has 0 heterocycles. The zero-order valence-corrected chi connectivity index (χ0v) is 5.85. The monoisotopic (exact) mass is 131 g/mol. The Morgan fingerprint density at radius 3 is 2.00 bits per heavy atom. The largest absolute Gasteiger partial charge is 0.478 e. The Kier molecular flexibility index (Phi) is 8.79. The third kappa shape index (κ3) is 7.17. The second-order valence-electron chi connectivity index (χ2n) is 1.26. The van der Waals surface area contributed by atoms with Gasteiger partial charge in [0, 0.05) is 5.57 Å². The molecule has 0 bridgehead atoms. The summed E-state index contributed by atoms with van der Waals surface area (Å²) in [4.78, 5) is 9.83. The average Bonchev–Trinajstić information content (AvgIpc) is 1.91. The van der Waals surface area contributed by atoms with Gasteiger partial charge < -0.3 is 10.8 Å². The molecule has 0 radical (unpaired) electrons. The molecule has 3 N–H and O–H groups in total. The van der Waals surface area contributed by atoms with Gasteiger partial charge >= 0.3 is 5.97 Å². The van der Waals surface area contributed by atoms with Crippen molar-refractivity contribution in [3.63, 3.8) is 0 Å². The van der Waals surface area contributed by atoms with Crippen LogP contribution >= 0.6 is 0 Å². The normalized spacial score (nSPS) is 7.00. The van der Waals surface area contributed by atoms with Gasteiger partial charge in [-0.25, -0.2) is 4.79 Å². The number of hydrogen-bond donors (Lipinski definition) is 2. The number of rotatable bonds is 2. The molecule has 3 heteroatoms. The van der Waals surface area contributed by atoms with E-state index < -0.39 is 5.97 Å². The van der Waals surface area contributed by atoms with Crippen LogP contribution in [-0.4, -0.2) is 18.1 Å². The Morgan fingerprint density at radius 2 is 2.00 bits per heavy atom. The summed E-state index contributed by atoms with van der Waals surface area (Å²) in [6.07, 6.45) is 0.523. The molecule has 0 fully saturated rings.